The quantitative estimate of drug-likeness (QED) is 0.491. The van der Waals surface area contributed by atoms with Gasteiger partial charge in [0.25, 0.3) is 0 Å². The van der Waals surface area contributed by atoms with Crippen molar-refractivity contribution in [3.63, 3.8) is 0 Å². The number of sulfonamides is 1. The first kappa shape index (κ1) is 23.1. The number of halogens is 1. The number of hydrogen-bond donors (Lipinski definition) is 4. The lowest BCUT2D eigenvalue weighted by atomic mass is 9.97. The molecule has 8 nitrogen and oxygen atoms in total. The highest BCUT2D eigenvalue weighted by Gasteiger charge is 2.32. The first-order valence-corrected chi connectivity index (χ1v) is 11.5. The standard InChI is InChI=1S/C21H26FN3O5S/c22-15-5-4-8-18(13-15)31(28,29)23-12-11-17-9-10-19(20(14-26)30-17)25-21(27)24-16-6-2-1-3-7-16/h1-8,13,17,19-20,23,26H,9-12,14H2,(H2,24,25,27)/t17-,19+,20-/m1/s1. The summed E-state index contributed by atoms with van der Waals surface area (Å²) in [5, 5.41) is 15.2. The van der Waals surface area contributed by atoms with E-state index in [4.69, 9.17) is 4.74 Å². The van der Waals surface area contributed by atoms with E-state index in [-0.39, 0.29) is 36.2 Å². The van der Waals surface area contributed by atoms with Gasteiger partial charge in [0.1, 0.15) is 11.9 Å². The first-order chi connectivity index (χ1) is 14.9. The monoisotopic (exact) mass is 451 g/mol. The maximum Gasteiger partial charge on any atom is 0.319 e. The molecule has 31 heavy (non-hydrogen) atoms. The van der Waals surface area contributed by atoms with Crippen LogP contribution in [0.3, 0.4) is 0 Å². The maximum absolute atomic E-state index is 13.3. The molecule has 0 unspecified atom stereocenters. The molecule has 0 radical (unpaired) electrons. The van der Waals surface area contributed by atoms with E-state index in [2.05, 4.69) is 15.4 Å². The number of hydrogen-bond acceptors (Lipinski definition) is 5. The number of rotatable bonds is 8. The van der Waals surface area contributed by atoms with Crippen LogP contribution in [0.5, 0.6) is 0 Å². The Kier molecular flexibility index (Phi) is 7.97. The summed E-state index contributed by atoms with van der Waals surface area (Å²) < 4.78 is 46.1. The molecular formula is C21H26FN3O5S. The number of ether oxygens (including phenoxy) is 1. The molecule has 1 aliphatic rings. The molecule has 0 bridgehead atoms. The van der Waals surface area contributed by atoms with Crippen LogP contribution < -0.4 is 15.4 Å². The van der Waals surface area contributed by atoms with Crippen molar-refractivity contribution in [2.45, 2.75) is 42.4 Å². The van der Waals surface area contributed by atoms with E-state index in [9.17, 15) is 22.7 Å². The predicted octanol–water partition coefficient (Wildman–Crippen LogP) is 2.22. The molecule has 168 valence electrons. The number of urea groups is 1. The van der Waals surface area contributed by atoms with Gasteiger partial charge >= 0.3 is 6.03 Å². The predicted molar refractivity (Wildman–Crippen MR) is 114 cm³/mol. The summed E-state index contributed by atoms with van der Waals surface area (Å²) in [7, 11) is -3.82. The van der Waals surface area contributed by atoms with Crippen LogP contribution in [0.4, 0.5) is 14.9 Å². The smallest absolute Gasteiger partial charge is 0.319 e. The number of amides is 2. The molecule has 1 saturated heterocycles. The molecule has 0 aromatic heterocycles. The van der Waals surface area contributed by atoms with Gasteiger partial charge in [-0.1, -0.05) is 24.3 Å². The van der Waals surface area contributed by atoms with Crippen molar-refractivity contribution in [3.8, 4) is 0 Å². The molecule has 0 saturated carbocycles. The van der Waals surface area contributed by atoms with Crippen LogP contribution in [0.1, 0.15) is 19.3 Å². The van der Waals surface area contributed by atoms with Crippen molar-refractivity contribution in [1.82, 2.24) is 10.0 Å². The van der Waals surface area contributed by atoms with Crippen LogP contribution in [0, 0.1) is 5.82 Å². The Balaban J connectivity index is 1.46. The van der Waals surface area contributed by atoms with Crippen LogP contribution in [0.2, 0.25) is 0 Å². The van der Waals surface area contributed by atoms with Gasteiger partial charge in [0, 0.05) is 12.2 Å². The van der Waals surface area contributed by atoms with Gasteiger partial charge in [-0.15, -0.1) is 0 Å². The number of carbonyl (C=O) groups excluding carboxylic acids is 1. The van der Waals surface area contributed by atoms with Crippen molar-refractivity contribution in [3.05, 3.63) is 60.4 Å². The summed E-state index contributed by atoms with van der Waals surface area (Å²) in [6.45, 7) is -0.171. The van der Waals surface area contributed by atoms with Gasteiger partial charge in [-0.2, -0.15) is 0 Å². The molecule has 2 aromatic rings. The molecule has 0 aliphatic carbocycles. The molecule has 2 aromatic carbocycles. The third-order valence-electron chi connectivity index (χ3n) is 5.01. The Morgan fingerprint density at radius 3 is 2.61 bits per heavy atom. The van der Waals surface area contributed by atoms with E-state index >= 15 is 0 Å². The largest absolute Gasteiger partial charge is 0.394 e. The SMILES string of the molecule is O=C(Nc1ccccc1)N[C@H]1CC[C@H](CCNS(=O)(=O)c2cccc(F)c2)O[C@@H]1CO. The Morgan fingerprint density at radius 2 is 1.90 bits per heavy atom. The van der Waals surface area contributed by atoms with Crippen molar-refractivity contribution in [1.29, 1.82) is 0 Å². The summed E-state index contributed by atoms with van der Waals surface area (Å²) in [6.07, 6.45) is 0.680. The van der Waals surface area contributed by atoms with Gasteiger partial charge in [-0.3, -0.25) is 0 Å². The second kappa shape index (κ2) is 10.7. The minimum absolute atomic E-state index is 0.105. The van der Waals surface area contributed by atoms with Crippen molar-refractivity contribution in [2.75, 3.05) is 18.5 Å². The molecule has 1 fully saturated rings. The van der Waals surface area contributed by atoms with Crippen LogP contribution >= 0.6 is 0 Å². The molecular weight excluding hydrogens is 425 g/mol. The summed E-state index contributed by atoms with van der Waals surface area (Å²) in [5.74, 6) is -0.626. The van der Waals surface area contributed by atoms with Crippen LogP contribution in [-0.2, 0) is 14.8 Å². The Labute approximate surface area is 180 Å². The second-order valence-corrected chi connectivity index (χ2v) is 9.04. The summed E-state index contributed by atoms with van der Waals surface area (Å²) in [4.78, 5) is 12.1. The fourth-order valence-electron chi connectivity index (χ4n) is 3.44. The lowest BCUT2D eigenvalue weighted by Gasteiger charge is -2.36. The van der Waals surface area contributed by atoms with E-state index in [0.717, 1.165) is 6.07 Å². The minimum atomic E-state index is -3.82. The van der Waals surface area contributed by atoms with Crippen LogP contribution in [0.15, 0.2) is 59.5 Å². The number of aliphatic hydroxyl groups excluding tert-OH is 1. The fourth-order valence-corrected chi connectivity index (χ4v) is 4.52. The van der Waals surface area contributed by atoms with Gasteiger partial charge in [0.05, 0.1) is 23.6 Å². The molecule has 1 aliphatic heterocycles. The van der Waals surface area contributed by atoms with E-state index in [1.807, 2.05) is 18.2 Å². The summed E-state index contributed by atoms with van der Waals surface area (Å²) >= 11 is 0. The topological polar surface area (TPSA) is 117 Å². The third kappa shape index (κ3) is 6.73. The zero-order valence-electron chi connectivity index (χ0n) is 16.8. The number of para-hydroxylation sites is 1. The van der Waals surface area contributed by atoms with Crippen molar-refractivity contribution < 1.29 is 27.4 Å². The molecule has 10 heteroatoms. The normalized spacial score (nSPS) is 21.4. The fraction of sp³-hybridized carbons (Fsp3) is 0.381. The van der Waals surface area contributed by atoms with Crippen molar-refractivity contribution in [2.24, 2.45) is 0 Å². The zero-order valence-corrected chi connectivity index (χ0v) is 17.6. The molecule has 4 N–H and O–H groups in total. The number of nitrogens with one attached hydrogen (secondary N) is 3. The second-order valence-electron chi connectivity index (χ2n) is 7.27. The van der Waals surface area contributed by atoms with Crippen LogP contribution in [-0.4, -0.2) is 51.0 Å². The van der Waals surface area contributed by atoms with Gasteiger partial charge in [-0.25, -0.2) is 22.3 Å². The lowest BCUT2D eigenvalue weighted by Crippen LogP contribution is -2.52. The van der Waals surface area contributed by atoms with E-state index in [0.29, 0.717) is 24.9 Å². The van der Waals surface area contributed by atoms with Crippen LogP contribution in [0.25, 0.3) is 0 Å². The van der Waals surface area contributed by atoms with E-state index in [1.54, 1.807) is 12.1 Å². The number of aliphatic hydroxyl groups is 1. The number of anilines is 1. The lowest BCUT2D eigenvalue weighted by molar-refractivity contribution is -0.0884. The highest BCUT2D eigenvalue weighted by Crippen LogP contribution is 2.22. The number of carbonyl (C=O) groups is 1. The summed E-state index contributed by atoms with van der Waals surface area (Å²) in [6, 6.07) is 13.0. The average molecular weight is 452 g/mol. The minimum Gasteiger partial charge on any atom is -0.394 e. The van der Waals surface area contributed by atoms with E-state index in [1.165, 1.54) is 18.2 Å². The zero-order chi connectivity index (χ0) is 22.3. The van der Waals surface area contributed by atoms with Crippen molar-refractivity contribution >= 4 is 21.7 Å². The average Bonchev–Trinajstić information content (AvgIpc) is 2.75. The summed E-state index contributed by atoms with van der Waals surface area (Å²) in [5.41, 5.74) is 0.653. The number of benzene rings is 2. The molecule has 3 atom stereocenters. The Hall–Kier alpha value is -2.53. The molecule has 2 amide bonds. The highest BCUT2D eigenvalue weighted by atomic mass is 32.2. The maximum atomic E-state index is 13.3. The molecule has 3 rings (SSSR count). The van der Waals surface area contributed by atoms with E-state index < -0.39 is 21.9 Å². The van der Waals surface area contributed by atoms with Gasteiger partial charge in [0.2, 0.25) is 10.0 Å². The highest BCUT2D eigenvalue weighted by molar-refractivity contribution is 7.89. The first-order valence-electron chi connectivity index (χ1n) is 10.0. The Morgan fingerprint density at radius 1 is 1.13 bits per heavy atom. The van der Waals surface area contributed by atoms with Gasteiger partial charge in [0.15, 0.2) is 0 Å². The Bertz CT molecular complexity index is 974. The molecule has 0 spiro atoms. The molecule has 1 heterocycles. The van der Waals surface area contributed by atoms with Gasteiger partial charge < -0.3 is 20.5 Å². The third-order valence-corrected chi connectivity index (χ3v) is 6.47. The van der Waals surface area contributed by atoms with Gasteiger partial charge in [-0.05, 0) is 49.6 Å².